The van der Waals surface area contributed by atoms with Gasteiger partial charge in [-0.05, 0) is 72.7 Å². The van der Waals surface area contributed by atoms with E-state index in [1.165, 1.54) is 0 Å². The SMILES string of the molecule is Cc1cc(I)ccc1NC(=O)CN1CCC[C@H]1CO. The number of aryl methyl sites for hydroxylation is 1. The van der Waals surface area contributed by atoms with Crippen LogP contribution >= 0.6 is 22.6 Å². The van der Waals surface area contributed by atoms with Crippen LogP contribution in [-0.2, 0) is 4.79 Å². The second kappa shape index (κ2) is 6.67. The van der Waals surface area contributed by atoms with Gasteiger partial charge >= 0.3 is 0 Å². The maximum absolute atomic E-state index is 12.0. The van der Waals surface area contributed by atoms with Crippen molar-refractivity contribution < 1.29 is 9.90 Å². The number of likely N-dealkylation sites (tertiary alicyclic amines) is 1. The van der Waals surface area contributed by atoms with Crippen LogP contribution in [0.1, 0.15) is 18.4 Å². The van der Waals surface area contributed by atoms with Gasteiger partial charge in [-0.1, -0.05) is 0 Å². The van der Waals surface area contributed by atoms with Gasteiger partial charge in [0.25, 0.3) is 0 Å². The molecule has 5 heteroatoms. The molecule has 1 heterocycles. The quantitative estimate of drug-likeness (QED) is 0.793. The van der Waals surface area contributed by atoms with Crippen LogP contribution in [-0.4, -0.2) is 41.7 Å². The molecule has 1 atom stereocenters. The third kappa shape index (κ3) is 3.90. The molecule has 1 aromatic carbocycles. The number of hydrogen-bond donors (Lipinski definition) is 2. The summed E-state index contributed by atoms with van der Waals surface area (Å²) in [5.41, 5.74) is 1.94. The van der Waals surface area contributed by atoms with E-state index in [0.717, 1.165) is 34.2 Å². The van der Waals surface area contributed by atoms with E-state index in [1.54, 1.807) is 0 Å². The first-order valence-electron chi connectivity index (χ1n) is 6.51. The van der Waals surface area contributed by atoms with Crippen LogP contribution in [0.15, 0.2) is 18.2 Å². The number of nitrogens with one attached hydrogen (secondary N) is 1. The molecule has 1 fully saturated rings. The van der Waals surface area contributed by atoms with Crippen molar-refractivity contribution >= 4 is 34.2 Å². The lowest BCUT2D eigenvalue weighted by atomic mass is 10.2. The molecule has 4 nitrogen and oxygen atoms in total. The van der Waals surface area contributed by atoms with Crippen molar-refractivity contribution in [3.8, 4) is 0 Å². The van der Waals surface area contributed by atoms with Gasteiger partial charge in [0.1, 0.15) is 0 Å². The fourth-order valence-electron chi connectivity index (χ4n) is 2.45. The van der Waals surface area contributed by atoms with Crippen molar-refractivity contribution in [2.24, 2.45) is 0 Å². The van der Waals surface area contributed by atoms with E-state index < -0.39 is 0 Å². The van der Waals surface area contributed by atoms with Crippen LogP contribution in [0.5, 0.6) is 0 Å². The Morgan fingerprint density at radius 1 is 1.58 bits per heavy atom. The highest BCUT2D eigenvalue weighted by Crippen LogP contribution is 2.19. The summed E-state index contributed by atoms with van der Waals surface area (Å²) < 4.78 is 1.16. The minimum Gasteiger partial charge on any atom is -0.395 e. The summed E-state index contributed by atoms with van der Waals surface area (Å²) in [6, 6.07) is 6.10. The summed E-state index contributed by atoms with van der Waals surface area (Å²) in [6.45, 7) is 3.38. The maximum atomic E-state index is 12.0. The van der Waals surface area contributed by atoms with Gasteiger partial charge in [-0.3, -0.25) is 9.69 Å². The van der Waals surface area contributed by atoms with Gasteiger partial charge in [0.05, 0.1) is 13.2 Å². The van der Waals surface area contributed by atoms with Crippen molar-refractivity contribution in [3.05, 3.63) is 27.3 Å². The highest BCUT2D eigenvalue weighted by atomic mass is 127. The number of benzene rings is 1. The first kappa shape index (κ1) is 14.7. The van der Waals surface area contributed by atoms with E-state index in [0.29, 0.717) is 6.54 Å². The molecular weight excluding hydrogens is 355 g/mol. The molecule has 1 aliphatic rings. The summed E-state index contributed by atoms with van der Waals surface area (Å²) in [7, 11) is 0. The molecule has 19 heavy (non-hydrogen) atoms. The Kier molecular flexibility index (Phi) is 5.18. The summed E-state index contributed by atoms with van der Waals surface area (Å²) in [6.07, 6.45) is 2.04. The molecule has 1 aromatic rings. The summed E-state index contributed by atoms with van der Waals surface area (Å²) >= 11 is 2.25. The fraction of sp³-hybridized carbons (Fsp3) is 0.500. The normalized spacial score (nSPS) is 19.6. The Morgan fingerprint density at radius 2 is 2.37 bits per heavy atom. The molecule has 0 radical (unpaired) electrons. The third-order valence-electron chi connectivity index (χ3n) is 3.52. The molecule has 0 saturated carbocycles. The topological polar surface area (TPSA) is 52.6 Å². The van der Waals surface area contributed by atoms with Crippen molar-refractivity contribution in [1.82, 2.24) is 4.90 Å². The van der Waals surface area contributed by atoms with Crippen LogP contribution in [0.2, 0.25) is 0 Å². The first-order valence-corrected chi connectivity index (χ1v) is 7.59. The number of carbonyl (C=O) groups is 1. The number of carbonyl (C=O) groups excluding carboxylic acids is 1. The van der Waals surface area contributed by atoms with E-state index in [9.17, 15) is 9.90 Å². The van der Waals surface area contributed by atoms with E-state index >= 15 is 0 Å². The Morgan fingerprint density at radius 3 is 3.05 bits per heavy atom. The Hall–Kier alpha value is -0.660. The summed E-state index contributed by atoms with van der Waals surface area (Å²) in [5, 5.41) is 12.2. The second-order valence-corrected chi connectivity index (χ2v) is 6.20. The number of hydrogen-bond acceptors (Lipinski definition) is 3. The average molecular weight is 374 g/mol. The number of nitrogens with zero attached hydrogens (tertiary/aromatic N) is 1. The van der Waals surface area contributed by atoms with Crippen molar-refractivity contribution in [1.29, 1.82) is 0 Å². The molecule has 2 N–H and O–H groups in total. The molecule has 104 valence electrons. The predicted octanol–water partition coefficient (Wildman–Crippen LogP) is 1.99. The van der Waals surface area contributed by atoms with Gasteiger partial charge in [0.15, 0.2) is 0 Å². The number of anilines is 1. The largest absolute Gasteiger partial charge is 0.395 e. The lowest BCUT2D eigenvalue weighted by molar-refractivity contribution is -0.117. The molecular formula is C14H19IN2O2. The first-order chi connectivity index (χ1) is 9.10. The summed E-state index contributed by atoms with van der Waals surface area (Å²) in [4.78, 5) is 14.1. The van der Waals surface area contributed by atoms with Crippen molar-refractivity contribution in [2.75, 3.05) is 25.0 Å². The molecule has 1 saturated heterocycles. The Labute approximate surface area is 127 Å². The van der Waals surface area contributed by atoms with Gasteiger partial charge in [-0.25, -0.2) is 0 Å². The standard InChI is InChI=1S/C14H19IN2O2/c1-10-7-11(15)4-5-13(10)16-14(19)8-17-6-2-3-12(17)9-18/h4-5,7,12,18H,2-3,6,8-9H2,1H3,(H,16,19)/t12-/m0/s1. The molecule has 0 unspecified atom stereocenters. The molecule has 0 aliphatic carbocycles. The van der Waals surface area contributed by atoms with Gasteiger partial charge in [-0.2, -0.15) is 0 Å². The molecule has 0 bridgehead atoms. The Bertz CT molecular complexity index is 465. The van der Waals surface area contributed by atoms with E-state index in [1.807, 2.05) is 25.1 Å². The molecule has 1 aliphatic heterocycles. The van der Waals surface area contributed by atoms with Crippen LogP contribution in [0.3, 0.4) is 0 Å². The molecule has 0 aromatic heterocycles. The zero-order chi connectivity index (χ0) is 13.8. The number of aliphatic hydroxyl groups excluding tert-OH is 1. The van der Waals surface area contributed by atoms with Gasteiger partial charge < -0.3 is 10.4 Å². The minimum absolute atomic E-state index is 0.00958. The molecule has 0 spiro atoms. The lowest BCUT2D eigenvalue weighted by Gasteiger charge is -2.22. The number of aliphatic hydroxyl groups is 1. The van der Waals surface area contributed by atoms with Crippen molar-refractivity contribution in [3.63, 3.8) is 0 Å². The van der Waals surface area contributed by atoms with E-state index in [-0.39, 0.29) is 18.6 Å². The molecule has 2 rings (SSSR count). The van der Waals surface area contributed by atoms with E-state index in [4.69, 9.17) is 0 Å². The minimum atomic E-state index is -0.00958. The van der Waals surface area contributed by atoms with Gasteiger partial charge in [0.2, 0.25) is 5.91 Å². The van der Waals surface area contributed by atoms with Crippen LogP contribution < -0.4 is 5.32 Å². The maximum Gasteiger partial charge on any atom is 0.238 e. The second-order valence-electron chi connectivity index (χ2n) is 4.96. The number of amides is 1. The highest BCUT2D eigenvalue weighted by Gasteiger charge is 2.25. The predicted molar refractivity (Wildman–Crippen MR) is 84.2 cm³/mol. The fourth-order valence-corrected chi connectivity index (χ4v) is 3.10. The lowest BCUT2D eigenvalue weighted by Crippen LogP contribution is -2.38. The smallest absolute Gasteiger partial charge is 0.238 e. The third-order valence-corrected chi connectivity index (χ3v) is 4.19. The average Bonchev–Trinajstić information content (AvgIpc) is 2.80. The summed E-state index contributed by atoms with van der Waals surface area (Å²) in [5.74, 6) is -0.00958. The van der Waals surface area contributed by atoms with Crippen LogP contribution in [0.4, 0.5) is 5.69 Å². The monoisotopic (exact) mass is 374 g/mol. The Balaban J connectivity index is 1.94. The molecule has 1 amide bonds. The zero-order valence-corrected chi connectivity index (χ0v) is 13.2. The van der Waals surface area contributed by atoms with E-state index in [2.05, 4.69) is 32.8 Å². The highest BCUT2D eigenvalue weighted by molar-refractivity contribution is 14.1. The van der Waals surface area contributed by atoms with Crippen LogP contribution in [0, 0.1) is 10.5 Å². The van der Waals surface area contributed by atoms with Gasteiger partial charge in [-0.15, -0.1) is 0 Å². The van der Waals surface area contributed by atoms with Crippen molar-refractivity contribution in [2.45, 2.75) is 25.8 Å². The zero-order valence-electron chi connectivity index (χ0n) is 11.0. The van der Waals surface area contributed by atoms with Gasteiger partial charge in [0, 0.05) is 15.3 Å². The number of rotatable bonds is 4. The number of halogens is 1. The van der Waals surface area contributed by atoms with Crippen LogP contribution in [0.25, 0.3) is 0 Å².